The lowest BCUT2D eigenvalue weighted by Crippen LogP contribution is -2.17. The minimum atomic E-state index is -2.16. The van der Waals surface area contributed by atoms with Crippen molar-refractivity contribution in [2.45, 2.75) is 160 Å². The van der Waals surface area contributed by atoms with Gasteiger partial charge in [0, 0.05) is 16.7 Å². The maximum atomic E-state index is 6.85. The lowest BCUT2D eigenvalue weighted by molar-refractivity contribution is 0.226. The number of benzene rings is 3. The van der Waals surface area contributed by atoms with E-state index in [1.807, 2.05) is 36.4 Å². The van der Waals surface area contributed by atoms with Crippen LogP contribution in [0.3, 0.4) is 0 Å². The van der Waals surface area contributed by atoms with Gasteiger partial charge in [-0.3, -0.25) is 0 Å². The molecule has 0 saturated carbocycles. The zero-order chi connectivity index (χ0) is 44.9. The molecule has 1 heterocycles. The molecule has 0 unspecified atom stereocenters. The fourth-order valence-corrected chi connectivity index (χ4v) is 10.2. The molecular weight excluding hydrogens is 813 g/mol. The molecule has 0 atom stereocenters. The third-order valence-corrected chi connectivity index (χ3v) is 13.8. The number of ether oxygens (including phenoxy) is 3. The molecule has 0 spiro atoms. The standard InChI is InChI=1S/C48H75O9P3/c1-43(2,3)28-31-49-37-25-19-22-34(46(10,11)12)40(37)52-58-55-59(53-41-35(47(13,14)15)23-20-26-38(41)50-32-29-44(4,5)6)57-60(56-58)54-42-36(48(16,17)18)24-21-27-39(42)51-33-30-45(7,8)9/h19-27H,28-33H2,1-18H3. The molecule has 336 valence electrons. The van der Waals surface area contributed by atoms with Gasteiger partial charge < -0.3 is 27.8 Å². The van der Waals surface area contributed by atoms with Crippen LogP contribution in [0.2, 0.25) is 0 Å². The molecule has 1 fully saturated rings. The van der Waals surface area contributed by atoms with E-state index in [0.717, 1.165) is 36.0 Å². The van der Waals surface area contributed by atoms with Crippen LogP contribution in [0.5, 0.6) is 34.5 Å². The van der Waals surface area contributed by atoms with E-state index in [2.05, 4.69) is 143 Å². The molecule has 1 saturated heterocycles. The van der Waals surface area contributed by atoms with E-state index >= 15 is 0 Å². The molecule has 0 N–H and O–H groups in total. The monoisotopic (exact) mass is 888 g/mol. The summed E-state index contributed by atoms with van der Waals surface area (Å²) in [5.74, 6) is 3.51. The van der Waals surface area contributed by atoms with Crippen LogP contribution in [-0.2, 0) is 29.2 Å². The molecule has 1 aliphatic heterocycles. The average molecular weight is 889 g/mol. The summed E-state index contributed by atoms with van der Waals surface area (Å²) in [7, 11) is -6.49. The van der Waals surface area contributed by atoms with E-state index in [4.69, 9.17) is 40.7 Å². The molecule has 3 aromatic carbocycles. The quantitative estimate of drug-likeness (QED) is 0.139. The van der Waals surface area contributed by atoms with Crippen molar-refractivity contribution in [2.75, 3.05) is 19.8 Å². The van der Waals surface area contributed by atoms with Crippen molar-refractivity contribution in [3.8, 4) is 34.5 Å². The van der Waals surface area contributed by atoms with Gasteiger partial charge in [-0.25, -0.2) is 12.9 Å². The Labute approximate surface area is 367 Å². The van der Waals surface area contributed by atoms with Gasteiger partial charge in [0.05, 0.1) is 19.8 Å². The first-order valence-electron chi connectivity index (χ1n) is 21.3. The SMILES string of the molecule is CC(C)(C)CCOc1cccc(C(C)(C)C)c1OP1OP(Oc2c(OCCC(C)(C)C)cccc2C(C)(C)C)OP(Oc2c(OCCC(C)(C)C)cccc2C(C)(C)C)O1. The molecule has 9 nitrogen and oxygen atoms in total. The lowest BCUT2D eigenvalue weighted by Gasteiger charge is -2.34. The van der Waals surface area contributed by atoms with E-state index in [1.165, 1.54) is 0 Å². The molecular formula is C48H75O9P3. The maximum absolute atomic E-state index is 6.85. The van der Waals surface area contributed by atoms with Gasteiger partial charge in [-0.1, -0.05) is 161 Å². The molecule has 1 aliphatic rings. The van der Waals surface area contributed by atoms with Crippen LogP contribution in [0.1, 0.15) is 161 Å². The summed E-state index contributed by atoms with van der Waals surface area (Å²) in [5.41, 5.74) is 2.26. The summed E-state index contributed by atoms with van der Waals surface area (Å²) in [6.45, 7) is 40.7. The zero-order valence-corrected chi connectivity index (χ0v) is 42.6. The molecule has 0 amide bonds. The summed E-state index contributed by atoms with van der Waals surface area (Å²) in [6, 6.07) is 18.0. The third kappa shape index (κ3) is 15.8. The maximum Gasteiger partial charge on any atom is 0.413 e. The van der Waals surface area contributed by atoms with Crippen molar-refractivity contribution in [1.82, 2.24) is 0 Å². The summed E-state index contributed by atoms with van der Waals surface area (Å²) < 4.78 is 59.7. The minimum Gasteiger partial charge on any atom is -0.490 e. The number of hydrogen-bond donors (Lipinski definition) is 0. The van der Waals surface area contributed by atoms with Crippen LogP contribution in [0.25, 0.3) is 0 Å². The predicted octanol–water partition coefficient (Wildman–Crippen LogP) is 16.3. The Kier molecular flexibility index (Phi) is 16.8. The Morgan fingerprint density at radius 2 is 0.600 bits per heavy atom. The van der Waals surface area contributed by atoms with Crippen LogP contribution < -0.4 is 27.8 Å². The van der Waals surface area contributed by atoms with Crippen LogP contribution >= 0.6 is 25.8 Å². The summed E-state index contributed by atoms with van der Waals surface area (Å²) >= 11 is 0. The highest BCUT2D eigenvalue weighted by molar-refractivity contribution is 7.69. The topological polar surface area (TPSA) is 83.1 Å². The molecule has 4 rings (SSSR count). The fourth-order valence-electron chi connectivity index (χ4n) is 5.88. The largest absolute Gasteiger partial charge is 0.490 e. The Morgan fingerprint density at radius 1 is 0.367 bits per heavy atom. The molecule has 3 aromatic rings. The van der Waals surface area contributed by atoms with Gasteiger partial charge >= 0.3 is 25.8 Å². The average Bonchev–Trinajstić information content (AvgIpc) is 3.07. The van der Waals surface area contributed by atoms with Crippen molar-refractivity contribution in [3.63, 3.8) is 0 Å². The van der Waals surface area contributed by atoms with Crippen LogP contribution in [0, 0.1) is 16.2 Å². The van der Waals surface area contributed by atoms with Crippen LogP contribution in [0.4, 0.5) is 0 Å². The number of para-hydroxylation sites is 3. The Morgan fingerprint density at radius 3 is 0.800 bits per heavy atom. The first-order chi connectivity index (χ1) is 27.5. The molecule has 12 heteroatoms. The normalized spacial score (nSPS) is 18.2. The van der Waals surface area contributed by atoms with Crippen molar-refractivity contribution in [3.05, 3.63) is 71.3 Å². The number of rotatable bonds is 15. The molecule has 0 bridgehead atoms. The Bertz CT molecular complexity index is 1620. The van der Waals surface area contributed by atoms with Gasteiger partial charge in [-0.05, 0) is 70.0 Å². The summed E-state index contributed by atoms with van der Waals surface area (Å²) in [5, 5.41) is 0. The highest BCUT2D eigenvalue weighted by Crippen LogP contribution is 2.73. The van der Waals surface area contributed by atoms with Crippen molar-refractivity contribution in [1.29, 1.82) is 0 Å². The summed E-state index contributed by atoms with van der Waals surface area (Å²) in [6.07, 6.45) is 2.59. The second kappa shape index (κ2) is 20.0. The van der Waals surface area contributed by atoms with E-state index < -0.39 is 25.8 Å². The van der Waals surface area contributed by atoms with Crippen molar-refractivity contribution >= 4 is 25.8 Å². The first kappa shape index (κ1) is 50.3. The van der Waals surface area contributed by atoms with Crippen molar-refractivity contribution < 1.29 is 40.7 Å². The van der Waals surface area contributed by atoms with E-state index in [1.54, 1.807) is 0 Å². The molecule has 0 aromatic heterocycles. The molecule has 0 aliphatic carbocycles. The number of hydrogen-bond acceptors (Lipinski definition) is 9. The molecule has 60 heavy (non-hydrogen) atoms. The van der Waals surface area contributed by atoms with Gasteiger partial charge in [-0.15, -0.1) is 0 Å². The van der Waals surface area contributed by atoms with E-state index in [0.29, 0.717) is 54.3 Å². The highest BCUT2D eigenvalue weighted by atomic mass is 31.3. The Balaban J connectivity index is 1.81. The van der Waals surface area contributed by atoms with E-state index in [9.17, 15) is 0 Å². The van der Waals surface area contributed by atoms with Gasteiger partial charge in [0.15, 0.2) is 34.5 Å². The molecule has 0 radical (unpaired) electrons. The lowest BCUT2D eigenvalue weighted by atomic mass is 9.86. The van der Waals surface area contributed by atoms with Gasteiger partial charge in [0.2, 0.25) is 0 Å². The first-order valence-corrected chi connectivity index (χ1v) is 24.6. The smallest absolute Gasteiger partial charge is 0.413 e. The summed E-state index contributed by atoms with van der Waals surface area (Å²) in [4.78, 5) is 0. The van der Waals surface area contributed by atoms with Gasteiger partial charge in [0.25, 0.3) is 0 Å². The fraction of sp³-hybridized carbons (Fsp3) is 0.625. The van der Waals surface area contributed by atoms with E-state index in [-0.39, 0.29) is 32.5 Å². The van der Waals surface area contributed by atoms with Crippen LogP contribution in [-0.4, -0.2) is 19.8 Å². The predicted molar refractivity (Wildman–Crippen MR) is 250 cm³/mol. The third-order valence-electron chi connectivity index (χ3n) is 9.59. The zero-order valence-electron chi connectivity index (χ0n) is 40.0. The van der Waals surface area contributed by atoms with Gasteiger partial charge in [0.1, 0.15) is 0 Å². The Hall–Kier alpha value is -2.37. The second-order valence-electron chi connectivity index (χ2n) is 22.3. The van der Waals surface area contributed by atoms with Gasteiger partial charge in [-0.2, -0.15) is 0 Å². The second-order valence-corrected chi connectivity index (χ2v) is 26.2. The minimum absolute atomic E-state index is 0.0946. The highest BCUT2D eigenvalue weighted by Gasteiger charge is 2.44. The van der Waals surface area contributed by atoms with Crippen LogP contribution in [0.15, 0.2) is 54.6 Å². The van der Waals surface area contributed by atoms with Crippen molar-refractivity contribution in [2.24, 2.45) is 16.2 Å².